The van der Waals surface area contributed by atoms with E-state index < -0.39 is 191 Å². The lowest BCUT2D eigenvalue weighted by Gasteiger charge is -2.24. The topological polar surface area (TPSA) is 52.9 Å². The minimum Gasteiger partial charge on any atom is -0.318 e. The van der Waals surface area contributed by atoms with E-state index >= 15 is 0 Å². The Labute approximate surface area is 525 Å². The minimum atomic E-state index is -0.857. The molecule has 0 aliphatic heterocycles. The van der Waals surface area contributed by atoms with Crippen LogP contribution in [-0.4, -0.2) is 24.1 Å². The van der Waals surface area contributed by atoms with Gasteiger partial charge in [0.1, 0.15) is 0 Å². The number of benzene rings is 12. The van der Waals surface area contributed by atoms with E-state index in [1.165, 1.54) is 40.9 Å². The molecule has 8 heteroatoms. The van der Waals surface area contributed by atoms with Crippen LogP contribution in [0.3, 0.4) is 0 Å². The zero-order valence-corrected chi connectivity index (χ0v) is 44.6. The summed E-state index contributed by atoms with van der Waals surface area (Å²) in [6, 6.07) is 14.7. The fraction of sp³-hybridized carbons (Fsp3) is 0. The van der Waals surface area contributed by atoms with Crippen LogP contribution in [0.25, 0.3) is 168 Å². The molecule has 0 radical (unpaired) electrons. The number of hydrogen-bond acceptors (Lipinski definition) is 5. The number of rotatable bonds is 8. The summed E-state index contributed by atoms with van der Waals surface area (Å²) in [6.07, 6.45) is 0. The van der Waals surface area contributed by atoms with E-state index in [1.54, 1.807) is 45.5 Å². The largest absolute Gasteiger partial charge is 0.318 e. The molecule has 390 valence electrons. The van der Waals surface area contributed by atoms with Crippen LogP contribution in [0.15, 0.2) is 266 Å². The normalized spacial score (nSPS) is 16.0. The van der Waals surface area contributed by atoms with Crippen molar-refractivity contribution in [1.82, 2.24) is 24.1 Å². The zero-order valence-electron chi connectivity index (χ0n) is 68.0. The van der Waals surface area contributed by atoms with Gasteiger partial charge in [0, 0.05) is 84.1 Å². The molecule has 0 aliphatic carbocycles. The molecular formula is C76H44N6S2. The van der Waals surface area contributed by atoms with Crippen LogP contribution in [0.2, 0.25) is 0 Å². The average Bonchev–Trinajstić information content (AvgIpc) is 1.58. The van der Waals surface area contributed by atoms with Crippen molar-refractivity contribution >= 4 is 112 Å². The van der Waals surface area contributed by atoms with Gasteiger partial charge in [-0.25, -0.2) is 19.8 Å². The summed E-state index contributed by atoms with van der Waals surface area (Å²) in [7, 11) is 0. The first-order chi connectivity index (χ1) is 52.0. The maximum Gasteiger partial charge on any atom is 0.212 e. The first-order valence-corrected chi connectivity index (χ1v) is 27.6. The molecule has 0 amide bonds. The van der Waals surface area contributed by atoms with Crippen molar-refractivity contribution in [1.29, 1.82) is 0 Å². The lowest BCUT2D eigenvalue weighted by Crippen LogP contribution is -2.08. The number of fused-ring (bicyclic) bond motifs is 14. The van der Waals surface area contributed by atoms with Gasteiger partial charge in [-0.3, -0.25) is 0 Å². The van der Waals surface area contributed by atoms with Crippen molar-refractivity contribution in [3.63, 3.8) is 0 Å². The van der Waals surface area contributed by atoms with Gasteiger partial charge in [-0.05, 0) is 82.4 Å². The predicted molar refractivity (Wildman–Crippen MR) is 353 cm³/mol. The highest BCUT2D eigenvalue weighted by Crippen LogP contribution is 2.53. The SMILES string of the molecule is [2H]c1c([2H])c([2H])c(-c2ccc3c(c2)c2c4sc5ccccc5c4ccc2n3-c2c([N+]#[C-])cc(-c3nc(-c4c([2H])c([2H])c([2H])c([2H])c4[2H])nc(-c4c([2H])c([2H])c([2H])c([2H])c4[2H])n3)c(-n3c4ccc(-c5c([2H])c([2H])c([2H])c([2H])c5[2H])cc4c4c5sc6ccccc6c5ccc43)c2-c2c([2H])c([2H])c([2H])c([2H])c2[2H])c([2H])c1[2H]. The predicted octanol–water partition coefficient (Wildman–Crippen LogP) is 21.4. The highest BCUT2D eigenvalue weighted by atomic mass is 32.1. The Bertz CT molecular complexity index is 6930. The van der Waals surface area contributed by atoms with Crippen LogP contribution in [0.4, 0.5) is 5.69 Å². The van der Waals surface area contributed by atoms with E-state index in [2.05, 4.69) is 9.83 Å². The second kappa shape index (κ2) is 19.2. The van der Waals surface area contributed by atoms with Crippen molar-refractivity contribution in [2.24, 2.45) is 0 Å². The molecule has 0 atom stereocenters. The maximum absolute atomic E-state index is 10.3. The Balaban J connectivity index is 1.15. The van der Waals surface area contributed by atoms with Crippen LogP contribution < -0.4 is 0 Å². The molecule has 0 saturated heterocycles. The van der Waals surface area contributed by atoms with Gasteiger partial charge in [0.15, 0.2) is 17.5 Å². The molecule has 84 heavy (non-hydrogen) atoms. The van der Waals surface area contributed by atoms with Gasteiger partial charge < -0.3 is 9.13 Å². The summed E-state index contributed by atoms with van der Waals surface area (Å²) in [6.45, 7) is 9.62. The van der Waals surface area contributed by atoms with Crippen molar-refractivity contribution in [2.45, 2.75) is 0 Å². The first-order valence-electron chi connectivity index (χ1n) is 38.5. The number of nitrogens with zero attached hydrogens (tertiary/aromatic N) is 6. The molecule has 0 bridgehead atoms. The van der Waals surface area contributed by atoms with Gasteiger partial charge in [0.2, 0.25) is 5.69 Å². The van der Waals surface area contributed by atoms with Crippen LogP contribution in [0.5, 0.6) is 0 Å². The monoisotopic (exact) mass is 1130 g/mol. The summed E-state index contributed by atoms with van der Waals surface area (Å²) < 4.78 is 235. The van der Waals surface area contributed by atoms with Crippen molar-refractivity contribution in [3.05, 3.63) is 278 Å². The van der Waals surface area contributed by atoms with Crippen LogP contribution in [0, 0.1) is 6.57 Å². The molecular weight excluding hydrogens is 1060 g/mol. The fourth-order valence-corrected chi connectivity index (χ4v) is 14.1. The van der Waals surface area contributed by atoms with Gasteiger partial charge in [-0.1, -0.05) is 212 Å². The van der Waals surface area contributed by atoms with E-state index in [4.69, 9.17) is 27.8 Å². The highest BCUT2D eigenvalue weighted by molar-refractivity contribution is 7.27. The molecule has 17 aromatic rings. The molecule has 0 N–H and O–H groups in total. The zero-order chi connectivity index (χ0) is 77.2. The fourth-order valence-electron chi connectivity index (χ4n) is 11.6. The third-order valence-corrected chi connectivity index (χ3v) is 17.4. The number of aromatic nitrogens is 5. The Morgan fingerprint density at radius 3 is 1.23 bits per heavy atom. The van der Waals surface area contributed by atoms with Gasteiger partial charge in [0.05, 0.1) is 74.3 Å². The second-order valence-electron chi connectivity index (χ2n) is 19.4. The van der Waals surface area contributed by atoms with Crippen LogP contribution >= 0.6 is 22.7 Å². The summed E-state index contributed by atoms with van der Waals surface area (Å²) in [5, 5.41) is 4.77. The Morgan fingerprint density at radius 2 is 0.762 bits per heavy atom. The maximum atomic E-state index is 10.3. The van der Waals surface area contributed by atoms with Crippen molar-refractivity contribution in [2.75, 3.05) is 0 Å². The van der Waals surface area contributed by atoms with Crippen LogP contribution in [0.1, 0.15) is 34.3 Å². The molecule has 6 nitrogen and oxygen atoms in total. The van der Waals surface area contributed by atoms with Crippen LogP contribution in [-0.2, 0) is 0 Å². The summed E-state index contributed by atoms with van der Waals surface area (Å²) in [4.78, 5) is 18.8. The van der Waals surface area contributed by atoms with E-state index in [-0.39, 0.29) is 61.3 Å². The van der Waals surface area contributed by atoms with E-state index in [0.29, 0.717) is 36.5 Å². The Kier molecular flexibility index (Phi) is 6.67. The first kappa shape index (κ1) is 29.2. The highest BCUT2D eigenvalue weighted by Gasteiger charge is 2.31. The molecule has 0 spiro atoms. The molecule has 0 aliphatic rings. The quantitative estimate of drug-likeness (QED) is 0.143. The van der Waals surface area contributed by atoms with Crippen molar-refractivity contribution < 1.29 is 34.3 Å². The summed E-state index contributed by atoms with van der Waals surface area (Å²) in [5.74, 6) is -2.07. The van der Waals surface area contributed by atoms with E-state index in [0.717, 1.165) is 30.9 Å². The third-order valence-electron chi connectivity index (χ3n) is 15.0. The lowest BCUT2D eigenvalue weighted by atomic mass is 9.94. The van der Waals surface area contributed by atoms with Gasteiger partial charge in [-0.15, -0.1) is 22.7 Å². The van der Waals surface area contributed by atoms with Crippen molar-refractivity contribution in [3.8, 4) is 78.9 Å². The number of hydrogen-bond donors (Lipinski definition) is 0. The van der Waals surface area contributed by atoms with Gasteiger partial charge in [0.25, 0.3) is 0 Å². The summed E-state index contributed by atoms with van der Waals surface area (Å²) >= 11 is 2.78. The summed E-state index contributed by atoms with van der Waals surface area (Å²) in [5.41, 5.74) is -2.39. The smallest absolute Gasteiger partial charge is 0.212 e. The standard InChI is InChI=1S/C76H44N6S2/c1-77-60-45-59(76-79-74(49-27-13-5-14-28-49)78-75(80-76)50-29-15-6-16-30-50)70(81-61-39-35-51(46-21-7-2-8-22-46)43-57(61)68-63(81)41-37-55-53-31-17-19-33-65(53)83-72(55)68)67(48-25-11-4-12-26-48)71(60)82-62-40-36-52(47-23-9-3-10-24-47)44-58(62)69-64(82)42-38-56-54-32-18-20-34-66(54)84-73(56)69/h2-45H/i2D,3D,4D,5D,6D,7D,8D,9D,10D,11D,12D,13D,14D,15D,16D,21D,22D,23D,24D,25D,26D,27D,28D,29D,30D. The average molecular weight is 1130 g/mol. The molecule has 5 aromatic heterocycles. The molecule has 0 saturated carbocycles. The minimum absolute atomic E-state index is 0.140. The van der Waals surface area contributed by atoms with E-state index in [1.807, 2.05) is 60.7 Å². The molecule has 0 unspecified atom stereocenters. The molecule has 0 fully saturated rings. The molecule has 5 heterocycles. The number of thiophene rings is 2. The molecule has 12 aromatic carbocycles. The Hall–Kier alpha value is -10.8. The van der Waals surface area contributed by atoms with Gasteiger partial charge >= 0.3 is 0 Å². The lowest BCUT2D eigenvalue weighted by molar-refractivity contribution is 1.06. The Morgan fingerprint density at radius 1 is 0.357 bits per heavy atom. The molecule has 17 rings (SSSR count). The second-order valence-corrected chi connectivity index (χ2v) is 21.5. The van der Waals surface area contributed by atoms with E-state index in [9.17, 15) is 23.0 Å². The third kappa shape index (κ3) is 7.43. The van der Waals surface area contributed by atoms with Gasteiger partial charge in [-0.2, -0.15) is 0 Å².